The van der Waals surface area contributed by atoms with Crippen LogP contribution in [0.5, 0.6) is 0 Å². The Morgan fingerprint density at radius 2 is 0.877 bits per heavy atom. The highest BCUT2D eigenvalue weighted by atomic mass is 31.2. The third-order valence-electron chi connectivity index (χ3n) is 13.2. The zero-order valence-electron chi connectivity index (χ0n) is 48.3. The summed E-state index contributed by atoms with van der Waals surface area (Å²) in [5.41, 5.74) is 0. The Balaban J connectivity index is 5.27. The average molecular weight is 1040 g/mol. The second-order valence-corrected chi connectivity index (χ2v) is 22.9. The number of esters is 1. The van der Waals surface area contributed by atoms with Gasteiger partial charge in [-0.25, -0.2) is 0 Å². The molecule has 0 rings (SSSR count). The minimum absolute atomic E-state index is 0.0278. The number of nitrogens with one attached hydrogen (secondary N) is 1. The lowest BCUT2D eigenvalue weighted by Crippen LogP contribution is -2.47. The topological polar surface area (TPSA) is 114 Å². The number of likely N-dealkylation sites (N-methyl/N-ethyl adjacent to an activating group) is 1. The van der Waals surface area contributed by atoms with Crippen molar-refractivity contribution in [1.29, 1.82) is 0 Å². The van der Waals surface area contributed by atoms with Crippen molar-refractivity contribution >= 4 is 19.7 Å². The molecule has 9 nitrogen and oxygen atoms in total. The summed E-state index contributed by atoms with van der Waals surface area (Å²) < 4.78 is 30.3. The molecule has 73 heavy (non-hydrogen) atoms. The normalized spacial score (nSPS) is 14.2. The first kappa shape index (κ1) is 70.5. The van der Waals surface area contributed by atoms with Crippen LogP contribution in [0.25, 0.3) is 0 Å². The first-order valence-corrected chi connectivity index (χ1v) is 31.7. The van der Waals surface area contributed by atoms with Crippen molar-refractivity contribution in [2.75, 3.05) is 40.9 Å². The molecule has 0 aromatic carbocycles. The van der Waals surface area contributed by atoms with Gasteiger partial charge in [-0.2, -0.15) is 0 Å². The average Bonchev–Trinajstić information content (AvgIpc) is 3.35. The summed E-state index contributed by atoms with van der Waals surface area (Å²) in [6.07, 6.45) is 67.2. The third-order valence-corrected chi connectivity index (χ3v) is 14.1. The Morgan fingerprint density at radius 3 is 1.32 bits per heavy atom. The number of phosphoric acid groups is 1. The maximum atomic E-state index is 13.5. The summed E-state index contributed by atoms with van der Waals surface area (Å²) in [7, 11) is 1.17. The number of hydrogen-bond donors (Lipinski definition) is 1. The van der Waals surface area contributed by atoms with Gasteiger partial charge in [-0.05, 0) is 76.7 Å². The van der Waals surface area contributed by atoms with Crippen LogP contribution < -0.4 is 10.2 Å². The standard InChI is InChI=1S/C63H115N2O7P/c1-7-10-13-16-19-22-25-27-29-30-31-32-33-34-36-37-40-43-46-49-52-55-62(66)64-60(59-71-73(68,69)70-58-57-65(4,5)6)61(54-51-48-45-42-39-24-21-18-15-12-9-3)72-63(67)56-53-50-47-44-41-38-35-28-26-23-20-17-14-11-8-2/h10,13,19,22,27,29,31-32,34,36,51,54,60-61H,7-9,11-12,14-18,20-21,23-26,28,30,33,35,37-50,52-53,55-59H2,1-6H3,(H-,64,66,68,69)/b13-10-,22-19-,29-27-,32-31-,36-34-,54-51-. The van der Waals surface area contributed by atoms with Crippen LogP contribution in [0.1, 0.15) is 265 Å². The van der Waals surface area contributed by atoms with Crippen molar-refractivity contribution in [3.8, 4) is 0 Å². The summed E-state index contributed by atoms with van der Waals surface area (Å²) >= 11 is 0. The lowest BCUT2D eigenvalue weighted by molar-refractivity contribution is -0.870. The van der Waals surface area contributed by atoms with Gasteiger partial charge in [0.2, 0.25) is 5.91 Å². The quantitative estimate of drug-likeness (QED) is 0.0212. The molecule has 1 amide bonds. The molecule has 3 atom stereocenters. The van der Waals surface area contributed by atoms with Crippen LogP contribution in [0, 0.1) is 0 Å². The molecule has 0 fully saturated rings. The van der Waals surface area contributed by atoms with E-state index in [2.05, 4.69) is 86.8 Å². The first-order valence-electron chi connectivity index (χ1n) is 30.2. The first-order chi connectivity index (χ1) is 35.4. The van der Waals surface area contributed by atoms with Crippen LogP contribution in [0.2, 0.25) is 0 Å². The van der Waals surface area contributed by atoms with Crippen LogP contribution in [0.15, 0.2) is 72.9 Å². The van der Waals surface area contributed by atoms with Gasteiger partial charge in [0.25, 0.3) is 7.82 Å². The molecule has 3 unspecified atom stereocenters. The lowest BCUT2D eigenvalue weighted by atomic mass is 10.0. The Hall–Kier alpha value is -2.55. The fraction of sp³-hybridized carbons (Fsp3) is 0.778. The zero-order valence-corrected chi connectivity index (χ0v) is 49.2. The Morgan fingerprint density at radius 1 is 0.493 bits per heavy atom. The third kappa shape index (κ3) is 54.1. The van der Waals surface area contributed by atoms with Gasteiger partial charge in [-0.15, -0.1) is 0 Å². The molecule has 10 heteroatoms. The smallest absolute Gasteiger partial charge is 0.306 e. The maximum Gasteiger partial charge on any atom is 0.306 e. The number of hydrogen-bond acceptors (Lipinski definition) is 7. The summed E-state index contributed by atoms with van der Waals surface area (Å²) in [5, 5.41) is 3.02. The van der Waals surface area contributed by atoms with E-state index in [9.17, 15) is 19.0 Å². The van der Waals surface area contributed by atoms with Crippen LogP contribution in [-0.4, -0.2) is 69.4 Å². The summed E-state index contributed by atoms with van der Waals surface area (Å²) in [6, 6.07) is -0.899. The maximum absolute atomic E-state index is 13.5. The number of unbranched alkanes of at least 4 members (excludes halogenated alkanes) is 28. The molecule has 0 saturated heterocycles. The van der Waals surface area contributed by atoms with Crippen molar-refractivity contribution in [2.24, 2.45) is 0 Å². The fourth-order valence-corrected chi connectivity index (χ4v) is 9.21. The number of ether oxygens (including phenoxy) is 1. The van der Waals surface area contributed by atoms with Crippen LogP contribution in [0.3, 0.4) is 0 Å². The van der Waals surface area contributed by atoms with Gasteiger partial charge in [-0.1, -0.05) is 248 Å². The highest BCUT2D eigenvalue weighted by molar-refractivity contribution is 7.45. The summed E-state index contributed by atoms with van der Waals surface area (Å²) in [6.45, 7) is 6.71. The van der Waals surface area contributed by atoms with E-state index >= 15 is 0 Å². The van der Waals surface area contributed by atoms with Gasteiger partial charge in [0.1, 0.15) is 19.3 Å². The number of carbonyl (C=O) groups is 2. The van der Waals surface area contributed by atoms with Crippen molar-refractivity contribution < 1.29 is 37.3 Å². The number of allylic oxidation sites excluding steroid dienone is 11. The van der Waals surface area contributed by atoms with E-state index in [-0.39, 0.29) is 24.9 Å². The molecule has 0 saturated carbocycles. The van der Waals surface area contributed by atoms with Gasteiger partial charge >= 0.3 is 5.97 Å². The largest absolute Gasteiger partial charge is 0.756 e. The zero-order chi connectivity index (χ0) is 53.6. The predicted molar refractivity (Wildman–Crippen MR) is 312 cm³/mol. The minimum atomic E-state index is -4.70. The van der Waals surface area contributed by atoms with Gasteiger partial charge in [0, 0.05) is 12.8 Å². The fourth-order valence-electron chi connectivity index (χ4n) is 8.49. The van der Waals surface area contributed by atoms with Crippen molar-refractivity contribution in [3.63, 3.8) is 0 Å². The van der Waals surface area contributed by atoms with E-state index in [1.54, 1.807) is 0 Å². The van der Waals surface area contributed by atoms with Gasteiger partial charge in [0.15, 0.2) is 0 Å². The molecule has 0 aliphatic heterocycles. The molecule has 0 bridgehead atoms. The predicted octanol–water partition coefficient (Wildman–Crippen LogP) is 17.8. The van der Waals surface area contributed by atoms with Gasteiger partial charge in [0.05, 0.1) is 33.8 Å². The molecule has 0 heterocycles. The molecule has 0 aromatic heterocycles. The number of quaternary nitrogens is 1. The number of nitrogens with zero attached hydrogens (tertiary/aromatic N) is 1. The molecule has 0 radical (unpaired) electrons. The van der Waals surface area contributed by atoms with Gasteiger partial charge in [-0.3, -0.25) is 14.2 Å². The van der Waals surface area contributed by atoms with E-state index in [1.807, 2.05) is 33.3 Å². The molecule has 0 aliphatic rings. The second kappa shape index (κ2) is 52.9. The van der Waals surface area contributed by atoms with E-state index in [0.29, 0.717) is 23.9 Å². The Labute approximate surface area is 451 Å². The highest BCUT2D eigenvalue weighted by Crippen LogP contribution is 2.38. The highest BCUT2D eigenvalue weighted by Gasteiger charge is 2.27. The van der Waals surface area contributed by atoms with Crippen LogP contribution in [-0.2, 0) is 27.9 Å². The summed E-state index contributed by atoms with van der Waals surface area (Å²) in [4.78, 5) is 39.9. The lowest BCUT2D eigenvalue weighted by Gasteiger charge is -2.30. The molecule has 0 spiro atoms. The van der Waals surface area contributed by atoms with E-state index in [4.69, 9.17) is 13.8 Å². The van der Waals surface area contributed by atoms with Crippen LogP contribution >= 0.6 is 7.82 Å². The van der Waals surface area contributed by atoms with E-state index in [0.717, 1.165) is 103 Å². The Bertz CT molecular complexity index is 1480. The number of phosphoric ester groups is 1. The van der Waals surface area contributed by atoms with E-state index < -0.39 is 26.6 Å². The second-order valence-electron chi connectivity index (χ2n) is 21.5. The van der Waals surface area contributed by atoms with Crippen molar-refractivity contribution in [1.82, 2.24) is 5.32 Å². The Kier molecular flexibility index (Phi) is 51.0. The van der Waals surface area contributed by atoms with Crippen molar-refractivity contribution in [2.45, 2.75) is 277 Å². The molecule has 1 N–H and O–H groups in total. The van der Waals surface area contributed by atoms with Crippen LogP contribution in [0.4, 0.5) is 0 Å². The summed E-state index contributed by atoms with van der Waals surface area (Å²) in [5.74, 6) is -0.560. The van der Waals surface area contributed by atoms with Gasteiger partial charge < -0.3 is 28.5 Å². The minimum Gasteiger partial charge on any atom is -0.756 e. The van der Waals surface area contributed by atoms with Crippen molar-refractivity contribution in [3.05, 3.63) is 72.9 Å². The monoisotopic (exact) mass is 1040 g/mol. The number of carbonyl (C=O) groups excluding carboxylic acids is 2. The number of rotatable bonds is 54. The molecule has 424 valence electrons. The molecule has 0 aliphatic carbocycles. The molecular formula is C63H115N2O7P. The molecule has 0 aromatic rings. The SMILES string of the molecule is CC/C=C\C/C=C\C/C=C\C/C=C\C/C=C\CCCCCCCC(=O)NC(COP(=O)([O-])OCC[N+](C)(C)C)C(/C=C\CCCCCCCCCCC)OC(=O)CCCCCCCCCCCCCCCCC. The molecular weight excluding hydrogens is 928 g/mol. The number of amides is 1. The van der Waals surface area contributed by atoms with E-state index in [1.165, 1.54) is 122 Å².